The number of aliphatic hydroxyl groups is 4. The molecule has 6 N–H and O–H groups in total. The molecule has 7 heteroatoms. The predicted octanol–water partition coefficient (Wildman–Crippen LogP) is -3.12. The maximum atomic E-state index is 10.4. The van der Waals surface area contributed by atoms with Crippen LogP contribution >= 0.6 is 0 Å². The molecule has 1 heterocycles. The number of carboxylic acid groups (broad SMARTS) is 1. The fourth-order valence-corrected chi connectivity index (χ4v) is 1.56. The SMILES string of the molecule is O=C(O)C[C@@H]1NC[C@H](O)[C@H](O)[C@H](O)[C@H]1O. The fraction of sp³-hybridized carbons (Fsp3) is 0.875. The molecule has 0 saturated carbocycles. The Bertz CT molecular complexity index is 235. The average molecular weight is 221 g/mol. The molecule has 0 aromatic carbocycles. The van der Waals surface area contributed by atoms with Gasteiger partial charge in [0.15, 0.2) is 0 Å². The van der Waals surface area contributed by atoms with Crippen molar-refractivity contribution in [3.8, 4) is 0 Å². The molecular weight excluding hydrogens is 206 g/mol. The van der Waals surface area contributed by atoms with Crippen molar-refractivity contribution in [2.75, 3.05) is 6.54 Å². The van der Waals surface area contributed by atoms with Crippen LogP contribution in [0.25, 0.3) is 0 Å². The highest BCUT2D eigenvalue weighted by Gasteiger charge is 2.39. The first-order chi connectivity index (χ1) is 6.93. The van der Waals surface area contributed by atoms with E-state index in [0.29, 0.717) is 0 Å². The third-order valence-corrected chi connectivity index (χ3v) is 2.49. The van der Waals surface area contributed by atoms with E-state index in [9.17, 15) is 25.2 Å². The molecule has 88 valence electrons. The fourth-order valence-electron chi connectivity index (χ4n) is 1.56. The van der Waals surface area contributed by atoms with Crippen LogP contribution in [0.2, 0.25) is 0 Å². The minimum absolute atomic E-state index is 0.0762. The molecule has 7 nitrogen and oxygen atoms in total. The van der Waals surface area contributed by atoms with E-state index in [0.717, 1.165) is 0 Å². The summed E-state index contributed by atoms with van der Waals surface area (Å²) in [5.41, 5.74) is 0. The highest BCUT2D eigenvalue weighted by molar-refractivity contribution is 5.67. The first kappa shape index (κ1) is 12.3. The zero-order valence-electron chi connectivity index (χ0n) is 7.95. The number of rotatable bonds is 2. The van der Waals surface area contributed by atoms with Crippen molar-refractivity contribution in [2.24, 2.45) is 0 Å². The number of hydrogen-bond donors (Lipinski definition) is 6. The summed E-state index contributed by atoms with van der Waals surface area (Å²) >= 11 is 0. The minimum Gasteiger partial charge on any atom is -0.481 e. The molecule has 0 aliphatic carbocycles. The van der Waals surface area contributed by atoms with Crippen LogP contribution in [0, 0.1) is 0 Å². The van der Waals surface area contributed by atoms with Crippen molar-refractivity contribution in [3.05, 3.63) is 0 Å². The molecule has 0 bridgehead atoms. The predicted molar refractivity (Wildman–Crippen MR) is 48.1 cm³/mol. The van der Waals surface area contributed by atoms with Gasteiger partial charge in [-0.3, -0.25) is 4.79 Å². The topological polar surface area (TPSA) is 130 Å². The van der Waals surface area contributed by atoms with Gasteiger partial charge in [0.25, 0.3) is 0 Å². The molecule has 1 aliphatic rings. The number of nitrogens with one attached hydrogen (secondary N) is 1. The lowest BCUT2D eigenvalue weighted by Crippen LogP contribution is -2.48. The third-order valence-electron chi connectivity index (χ3n) is 2.49. The summed E-state index contributed by atoms with van der Waals surface area (Å²) in [7, 11) is 0. The lowest BCUT2D eigenvalue weighted by molar-refractivity contribution is -0.139. The van der Waals surface area contributed by atoms with Gasteiger partial charge < -0.3 is 30.8 Å². The first-order valence-electron chi connectivity index (χ1n) is 4.61. The molecule has 1 fully saturated rings. The van der Waals surface area contributed by atoms with Crippen molar-refractivity contribution in [2.45, 2.75) is 36.9 Å². The number of carbonyl (C=O) groups is 1. The summed E-state index contributed by atoms with van der Waals surface area (Å²) in [6, 6.07) is -0.885. The zero-order chi connectivity index (χ0) is 11.6. The molecule has 1 rings (SSSR count). The van der Waals surface area contributed by atoms with E-state index in [1.807, 2.05) is 0 Å². The normalized spacial score (nSPS) is 42.3. The zero-order valence-corrected chi connectivity index (χ0v) is 7.95. The molecule has 0 amide bonds. The molecule has 0 unspecified atom stereocenters. The van der Waals surface area contributed by atoms with Gasteiger partial charge in [-0.1, -0.05) is 0 Å². The smallest absolute Gasteiger partial charge is 0.305 e. The second kappa shape index (κ2) is 4.86. The number of aliphatic hydroxyl groups excluding tert-OH is 4. The number of carboxylic acids is 1. The number of hydrogen-bond acceptors (Lipinski definition) is 6. The molecule has 0 spiro atoms. The first-order valence-corrected chi connectivity index (χ1v) is 4.61. The molecule has 0 aromatic heterocycles. The Morgan fingerprint density at radius 1 is 1.13 bits per heavy atom. The summed E-state index contributed by atoms with van der Waals surface area (Å²) in [5, 5.41) is 48.6. The molecule has 1 saturated heterocycles. The van der Waals surface area contributed by atoms with Crippen LogP contribution in [-0.4, -0.2) is 68.5 Å². The van der Waals surface area contributed by atoms with Gasteiger partial charge in [0, 0.05) is 12.6 Å². The van der Waals surface area contributed by atoms with Crippen LogP contribution in [0.1, 0.15) is 6.42 Å². The van der Waals surface area contributed by atoms with E-state index in [4.69, 9.17) is 5.11 Å². The van der Waals surface area contributed by atoms with E-state index in [1.54, 1.807) is 0 Å². The van der Waals surface area contributed by atoms with E-state index >= 15 is 0 Å². The average Bonchev–Trinajstić information content (AvgIpc) is 2.25. The molecule has 1 aliphatic heterocycles. The van der Waals surface area contributed by atoms with E-state index in [-0.39, 0.29) is 6.54 Å². The maximum Gasteiger partial charge on any atom is 0.305 e. The van der Waals surface area contributed by atoms with Crippen molar-refractivity contribution >= 4 is 5.97 Å². The van der Waals surface area contributed by atoms with Crippen LogP contribution in [0.5, 0.6) is 0 Å². The highest BCUT2D eigenvalue weighted by atomic mass is 16.4. The van der Waals surface area contributed by atoms with Gasteiger partial charge in [-0.15, -0.1) is 0 Å². The Labute approximate surface area is 86.0 Å². The molecule has 15 heavy (non-hydrogen) atoms. The largest absolute Gasteiger partial charge is 0.481 e. The van der Waals surface area contributed by atoms with Crippen LogP contribution < -0.4 is 5.32 Å². The van der Waals surface area contributed by atoms with E-state index in [2.05, 4.69) is 5.32 Å². The molecule has 5 atom stereocenters. The third kappa shape index (κ3) is 2.86. The van der Waals surface area contributed by atoms with Gasteiger partial charge in [-0.2, -0.15) is 0 Å². The number of aliphatic carboxylic acids is 1. The Morgan fingerprint density at radius 3 is 2.27 bits per heavy atom. The Morgan fingerprint density at radius 2 is 1.73 bits per heavy atom. The molecule has 0 radical (unpaired) electrons. The van der Waals surface area contributed by atoms with Gasteiger partial charge in [0.2, 0.25) is 0 Å². The van der Waals surface area contributed by atoms with Crippen molar-refractivity contribution in [1.29, 1.82) is 0 Å². The van der Waals surface area contributed by atoms with E-state index < -0.39 is 42.8 Å². The number of β-amino-alcohol motifs (C(OH)–C–C–N with tert-alkyl or cyclic N) is 1. The van der Waals surface area contributed by atoms with Gasteiger partial charge in [-0.25, -0.2) is 0 Å². The Kier molecular flexibility index (Phi) is 4.00. The second-order valence-corrected chi connectivity index (χ2v) is 3.65. The summed E-state index contributed by atoms with van der Waals surface area (Å²) in [6.45, 7) is -0.0762. The Balaban J connectivity index is 2.71. The quantitative estimate of drug-likeness (QED) is 0.291. The van der Waals surface area contributed by atoms with Gasteiger partial charge in [-0.05, 0) is 0 Å². The molecular formula is C8H15NO6. The standard InChI is InChI=1S/C8H15NO6/c10-4-2-9-3(1-5(11)12)6(13)8(15)7(4)14/h3-4,6-10,13-15H,1-2H2,(H,11,12)/t3-,4-,6-,7-,8+/m0/s1. The Hall–Kier alpha value is -0.730. The monoisotopic (exact) mass is 221 g/mol. The van der Waals surface area contributed by atoms with Crippen molar-refractivity contribution in [1.82, 2.24) is 5.32 Å². The summed E-state index contributed by atoms with van der Waals surface area (Å²) in [6.07, 6.45) is -6.08. The van der Waals surface area contributed by atoms with Gasteiger partial charge in [0.05, 0.1) is 18.6 Å². The van der Waals surface area contributed by atoms with Crippen LogP contribution in [0.3, 0.4) is 0 Å². The van der Waals surface area contributed by atoms with E-state index in [1.165, 1.54) is 0 Å². The van der Waals surface area contributed by atoms with Crippen molar-refractivity contribution < 1.29 is 30.3 Å². The van der Waals surface area contributed by atoms with Crippen LogP contribution in [-0.2, 0) is 4.79 Å². The summed E-state index contributed by atoms with van der Waals surface area (Å²) < 4.78 is 0. The molecule has 0 aromatic rings. The van der Waals surface area contributed by atoms with Crippen molar-refractivity contribution in [3.63, 3.8) is 0 Å². The minimum atomic E-state index is -1.56. The lowest BCUT2D eigenvalue weighted by Gasteiger charge is -2.25. The van der Waals surface area contributed by atoms with Crippen LogP contribution in [0.15, 0.2) is 0 Å². The summed E-state index contributed by atoms with van der Waals surface area (Å²) in [5.74, 6) is -1.13. The lowest BCUT2D eigenvalue weighted by atomic mass is 9.99. The maximum absolute atomic E-state index is 10.4. The van der Waals surface area contributed by atoms with Gasteiger partial charge in [0.1, 0.15) is 12.2 Å². The van der Waals surface area contributed by atoms with Crippen LogP contribution in [0.4, 0.5) is 0 Å². The summed E-state index contributed by atoms with van der Waals surface area (Å²) in [4.78, 5) is 10.4. The second-order valence-electron chi connectivity index (χ2n) is 3.65. The van der Waals surface area contributed by atoms with Gasteiger partial charge >= 0.3 is 5.97 Å². The highest BCUT2D eigenvalue weighted by Crippen LogP contribution is 2.14.